The molecule has 3 rings (SSSR count). The molecular weight excluding hydrogens is 260 g/mol. The molecule has 0 aliphatic carbocycles. The van der Waals surface area contributed by atoms with Gasteiger partial charge in [-0.25, -0.2) is 4.98 Å². The van der Waals surface area contributed by atoms with Gasteiger partial charge in [-0.1, -0.05) is 30.3 Å². The van der Waals surface area contributed by atoms with Gasteiger partial charge >= 0.3 is 0 Å². The molecular formula is C17H16N4. The fraction of sp³-hybridized carbons (Fsp3) is 0.118. The molecule has 4 nitrogen and oxygen atoms in total. The second-order valence-corrected chi connectivity index (χ2v) is 4.80. The van der Waals surface area contributed by atoms with Gasteiger partial charge in [0.25, 0.3) is 0 Å². The topological polar surface area (TPSA) is 50.7 Å². The number of nitrogens with one attached hydrogen (secondary N) is 1. The molecule has 0 spiro atoms. The van der Waals surface area contributed by atoms with Gasteiger partial charge in [0.1, 0.15) is 5.82 Å². The van der Waals surface area contributed by atoms with Crippen molar-refractivity contribution in [3.8, 4) is 11.3 Å². The molecule has 104 valence electrons. The molecule has 0 bridgehead atoms. The lowest BCUT2D eigenvalue weighted by Crippen LogP contribution is -2.08. The molecule has 0 aliphatic heterocycles. The van der Waals surface area contributed by atoms with Crippen molar-refractivity contribution in [2.75, 3.05) is 5.32 Å². The van der Waals surface area contributed by atoms with Crippen LogP contribution in [0.15, 0.2) is 67.3 Å². The Morgan fingerprint density at radius 3 is 2.43 bits per heavy atom. The van der Waals surface area contributed by atoms with Crippen LogP contribution in [0.2, 0.25) is 0 Å². The predicted octanol–water partition coefficient (Wildman–Crippen LogP) is 3.71. The number of hydrogen-bond donors (Lipinski definition) is 1. The normalized spacial score (nSPS) is 11.9. The maximum absolute atomic E-state index is 4.62. The van der Waals surface area contributed by atoms with Gasteiger partial charge in [0.15, 0.2) is 0 Å². The van der Waals surface area contributed by atoms with E-state index in [1.54, 1.807) is 24.8 Å². The van der Waals surface area contributed by atoms with Gasteiger partial charge in [-0.2, -0.15) is 0 Å². The van der Waals surface area contributed by atoms with Crippen molar-refractivity contribution in [1.82, 2.24) is 15.0 Å². The van der Waals surface area contributed by atoms with E-state index in [0.717, 1.165) is 22.6 Å². The van der Waals surface area contributed by atoms with Crippen LogP contribution in [0.5, 0.6) is 0 Å². The average molecular weight is 276 g/mol. The van der Waals surface area contributed by atoms with Crippen LogP contribution in [0.1, 0.15) is 18.5 Å². The van der Waals surface area contributed by atoms with E-state index >= 15 is 0 Å². The summed E-state index contributed by atoms with van der Waals surface area (Å²) >= 11 is 0. The first-order valence-corrected chi connectivity index (χ1v) is 6.87. The van der Waals surface area contributed by atoms with Crippen molar-refractivity contribution >= 4 is 5.82 Å². The minimum Gasteiger partial charge on any atom is -0.362 e. The molecule has 3 aromatic rings. The largest absolute Gasteiger partial charge is 0.362 e. The number of rotatable bonds is 4. The Balaban J connectivity index is 1.81. The maximum atomic E-state index is 4.62. The number of pyridine rings is 1. The van der Waals surface area contributed by atoms with Crippen molar-refractivity contribution in [3.63, 3.8) is 0 Å². The summed E-state index contributed by atoms with van der Waals surface area (Å²) in [5.74, 6) is 0.765. The van der Waals surface area contributed by atoms with E-state index < -0.39 is 0 Å². The smallest absolute Gasteiger partial charge is 0.145 e. The lowest BCUT2D eigenvalue weighted by Gasteiger charge is -2.14. The molecule has 0 aliphatic rings. The lowest BCUT2D eigenvalue weighted by molar-refractivity contribution is 0.868. The Hall–Kier alpha value is -2.75. The molecule has 4 heteroatoms. The van der Waals surface area contributed by atoms with Crippen LogP contribution in [-0.2, 0) is 0 Å². The van der Waals surface area contributed by atoms with Crippen LogP contribution in [-0.4, -0.2) is 15.0 Å². The van der Waals surface area contributed by atoms with Gasteiger partial charge in [-0.05, 0) is 24.6 Å². The zero-order valence-electron chi connectivity index (χ0n) is 11.8. The van der Waals surface area contributed by atoms with Crippen LogP contribution in [0.25, 0.3) is 11.3 Å². The van der Waals surface area contributed by atoms with Crippen molar-refractivity contribution in [2.24, 2.45) is 0 Å². The Kier molecular flexibility index (Phi) is 3.87. The minimum absolute atomic E-state index is 0.147. The van der Waals surface area contributed by atoms with E-state index in [-0.39, 0.29) is 6.04 Å². The summed E-state index contributed by atoms with van der Waals surface area (Å²) in [4.78, 5) is 12.9. The maximum Gasteiger partial charge on any atom is 0.145 e. The Labute approximate surface area is 123 Å². The Morgan fingerprint density at radius 2 is 1.67 bits per heavy atom. The SMILES string of the molecule is CC(Nc1cncc(-c2ccccc2)n1)c1ccncc1. The summed E-state index contributed by atoms with van der Waals surface area (Å²) in [5, 5.41) is 3.37. The third-order valence-electron chi connectivity index (χ3n) is 3.27. The number of anilines is 1. The first kappa shape index (κ1) is 13.2. The number of aromatic nitrogens is 3. The summed E-state index contributed by atoms with van der Waals surface area (Å²) in [6.07, 6.45) is 7.10. The first-order valence-electron chi connectivity index (χ1n) is 6.87. The lowest BCUT2D eigenvalue weighted by atomic mass is 10.1. The van der Waals surface area contributed by atoms with Crippen LogP contribution < -0.4 is 5.32 Å². The van der Waals surface area contributed by atoms with E-state index in [1.807, 2.05) is 42.5 Å². The van der Waals surface area contributed by atoms with E-state index in [9.17, 15) is 0 Å². The van der Waals surface area contributed by atoms with Gasteiger partial charge in [0.05, 0.1) is 24.1 Å². The van der Waals surface area contributed by atoms with Crippen LogP contribution in [0.3, 0.4) is 0 Å². The highest BCUT2D eigenvalue weighted by molar-refractivity contribution is 5.59. The van der Waals surface area contributed by atoms with Crippen LogP contribution in [0, 0.1) is 0 Å². The number of benzene rings is 1. The van der Waals surface area contributed by atoms with Crippen molar-refractivity contribution in [2.45, 2.75) is 13.0 Å². The molecule has 21 heavy (non-hydrogen) atoms. The van der Waals surface area contributed by atoms with Gasteiger partial charge in [0.2, 0.25) is 0 Å². The molecule has 0 saturated carbocycles. The van der Waals surface area contributed by atoms with Gasteiger partial charge in [0, 0.05) is 18.0 Å². The van der Waals surface area contributed by atoms with Crippen molar-refractivity contribution in [3.05, 3.63) is 72.8 Å². The summed E-state index contributed by atoms with van der Waals surface area (Å²) < 4.78 is 0. The van der Waals surface area contributed by atoms with Crippen molar-refractivity contribution < 1.29 is 0 Å². The molecule has 1 atom stereocenters. The third kappa shape index (κ3) is 3.23. The van der Waals surface area contributed by atoms with E-state index in [0.29, 0.717) is 0 Å². The monoisotopic (exact) mass is 276 g/mol. The zero-order valence-corrected chi connectivity index (χ0v) is 11.8. The predicted molar refractivity (Wildman–Crippen MR) is 83.7 cm³/mol. The summed E-state index contributed by atoms with van der Waals surface area (Å²) in [7, 11) is 0. The molecule has 1 unspecified atom stereocenters. The quantitative estimate of drug-likeness (QED) is 0.789. The van der Waals surface area contributed by atoms with E-state index in [4.69, 9.17) is 0 Å². The molecule has 0 saturated heterocycles. The highest BCUT2D eigenvalue weighted by Crippen LogP contribution is 2.20. The standard InChI is InChI=1S/C17H16N4/c1-13(14-7-9-18-10-8-14)20-17-12-19-11-16(21-17)15-5-3-2-4-6-15/h2-13H,1H3,(H,20,21). The molecule has 0 radical (unpaired) electrons. The van der Waals surface area contributed by atoms with Gasteiger partial charge < -0.3 is 5.32 Å². The third-order valence-corrected chi connectivity index (χ3v) is 3.27. The first-order chi connectivity index (χ1) is 10.3. The van der Waals surface area contributed by atoms with Gasteiger partial charge in [-0.3, -0.25) is 9.97 Å². The Morgan fingerprint density at radius 1 is 0.905 bits per heavy atom. The highest BCUT2D eigenvalue weighted by Gasteiger charge is 2.07. The second kappa shape index (κ2) is 6.13. The molecule has 2 heterocycles. The summed E-state index contributed by atoms with van der Waals surface area (Å²) in [6, 6.07) is 14.2. The fourth-order valence-corrected chi connectivity index (χ4v) is 2.14. The van der Waals surface area contributed by atoms with Crippen LogP contribution in [0.4, 0.5) is 5.82 Å². The van der Waals surface area contributed by atoms with E-state index in [1.165, 1.54) is 0 Å². The van der Waals surface area contributed by atoms with Crippen LogP contribution >= 0.6 is 0 Å². The summed E-state index contributed by atoms with van der Waals surface area (Å²) in [6.45, 7) is 2.09. The minimum atomic E-state index is 0.147. The van der Waals surface area contributed by atoms with Crippen molar-refractivity contribution in [1.29, 1.82) is 0 Å². The second-order valence-electron chi connectivity index (χ2n) is 4.80. The molecule has 0 fully saturated rings. The number of hydrogen-bond acceptors (Lipinski definition) is 4. The van der Waals surface area contributed by atoms with Gasteiger partial charge in [-0.15, -0.1) is 0 Å². The molecule has 2 aromatic heterocycles. The van der Waals surface area contributed by atoms with E-state index in [2.05, 4.69) is 27.2 Å². The molecule has 1 N–H and O–H groups in total. The molecule has 1 aromatic carbocycles. The molecule has 0 amide bonds. The summed E-state index contributed by atoms with van der Waals surface area (Å²) in [5.41, 5.74) is 3.09. The fourth-order valence-electron chi connectivity index (χ4n) is 2.14. The highest BCUT2D eigenvalue weighted by atomic mass is 15.0. The average Bonchev–Trinajstić information content (AvgIpc) is 2.57. The number of nitrogens with zero attached hydrogens (tertiary/aromatic N) is 3. The zero-order chi connectivity index (χ0) is 14.5. The Bertz CT molecular complexity index is 698.